The van der Waals surface area contributed by atoms with Crippen LogP contribution in [-0.2, 0) is 20.1 Å². The van der Waals surface area contributed by atoms with Crippen LogP contribution in [-0.4, -0.2) is 16.0 Å². The molecule has 0 amide bonds. The zero-order chi connectivity index (χ0) is 15.1. The van der Waals surface area contributed by atoms with Crippen molar-refractivity contribution in [2.75, 3.05) is 6.54 Å². The summed E-state index contributed by atoms with van der Waals surface area (Å²) in [6.45, 7) is 5.57. The second-order valence-electron chi connectivity index (χ2n) is 6.49. The van der Waals surface area contributed by atoms with Gasteiger partial charge < -0.3 is 4.57 Å². The van der Waals surface area contributed by atoms with E-state index in [-0.39, 0.29) is 0 Å². The van der Waals surface area contributed by atoms with Crippen LogP contribution >= 0.6 is 0 Å². The van der Waals surface area contributed by atoms with Gasteiger partial charge in [-0.15, -0.1) is 0 Å². The van der Waals surface area contributed by atoms with E-state index in [1.165, 1.54) is 22.2 Å². The highest BCUT2D eigenvalue weighted by Gasteiger charge is 2.27. The van der Waals surface area contributed by atoms with Gasteiger partial charge in [0.1, 0.15) is 0 Å². The maximum atomic E-state index is 2.57. The number of benzene rings is 2. The molecule has 0 aliphatic carbocycles. The van der Waals surface area contributed by atoms with Crippen molar-refractivity contribution in [1.82, 2.24) is 9.47 Å². The summed E-state index contributed by atoms with van der Waals surface area (Å²) < 4.78 is 2.39. The molecule has 1 atom stereocenters. The number of hydrogen-bond donors (Lipinski definition) is 0. The second kappa shape index (κ2) is 5.29. The Morgan fingerprint density at radius 2 is 1.73 bits per heavy atom. The van der Waals surface area contributed by atoms with E-state index >= 15 is 0 Å². The second-order valence-corrected chi connectivity index (χ2v) is 6.49. The van der Waals surface area contributed by atoms with E-state index in [0.29, 0.717) is 5.92 Å². The van der Waals surface area contributed by atoms with Crippen molar-refractivity contribution in [2.45, 2.75) is 25.9 Å². The van der Waals surface area contributed by atoms with Crippen LogP contribution in [0.25, 0.3) is 10.9 Å². The molecule has 112 valence electrons. The lowest BCUT2D eigenvalue weighted by atomic mass is 9.93. The number of hydrogen-bond acceptors (Lipinski definition) is 1. The molecule has 0 saturated carbocycles. The normalized spacial score (nSPS) is 18.5. The Morgan fingerprint density at radius 1 is 1.00 bits per heavy atom. The number of para-hydroxylation sites is 1. The Labute approximate surface area is 132 Å². The first-order chi connectivity index (χ1) is 10.7. The van der Waals surface area contributed by atoms with Gasteiger partial charge in [-0.2, -0.15) is 0 Å². The zero-order valence-electron chi connectivity index (χ0n) is 13.3. The van der Waals surface area contributed by atoms with Crippen LogP contribution in [0.15, 0.2) is 54.6 Å². The highest BCUT2D eigenvalue weighted by molar-refractivity contribution is 5.86. The van der Waals surface area contributed by atoms with Gasteiger partial charge in [-0.05, 0) is 23.1 Å². The fourth-order valence-electron chi connectivity index (χ4n) is 3.93. The van der Waals surface area contributed by atoms with E-state index in [2.05, 4.69) is 78.0 Å². The van der Waals surface area contributed by atoms with Crippen molar-refractivity contribution < 1.29 is 0 Å². The molecule has 0 fully saturated rings. The summed E-state index contributed by atoms with van der Waals surface area (Å²) in [7, 11) is 2.21. The average Bonchev–Trinajstić information content (AvgIpc) is 2.82. The Morgan fingerprint density at radius 3 is 2.55 bits per heavy atom. The number of aromatic nitrogens is 1. The first-order valence-electron chi connectivity index (χ1n) is 8.06. The van der Waals surface area contributed by atoms with Crippen molar-refractivity contribution in [1.29, 1.82) is 0 Å². The molecule has 0 saturated heterocycles. The van der Waals surface area contributed by atoms with Crippen LogP contribution in [0.4, 0.5) is 0 Å². The van der Waals surface area contributed by atoms with Gasteiger partial charge in [-0.3, -0.25) is 4.90 Å². The molecule has 4 rings (SSSR count). The van der Waals surface area contributed by atoms with Crippen molar-refractivity contribution in [2.24, 2.45) is 7.05 Å². The summed E-state index contributed by atoms with van der Waals surface area (Å²) in [6, 6.07) is 19.6. The molecule has 2 heterocycles. The fourth-order valence-corrected chi connectivity index (χ4v) is 3.93. The fraction of sp³-hybridized carbons (Fsp3) is 0.300. The molecule has 1 unspecified atom stereocenters. The van der Waals surface area contributed by atoms with Gasteiger partial charge in [0.25, 0.3) is 0 Å². The molecule has 1 aliphatic heterocycles. The van der Waals surface area contributed by atoms with Crippen LogP contribution in [0.1, 0.15) is 29.7 Å². The Kier molecular flexibility index (Phi) is 3.27. The van der Waals surface area contributed by atoms with E-state index < -0.39 is 0 Å². The smallest absolute Gasteiger partial charge is 0.0483 e. The van der Waals surface area contributed by atoms with Crippen molar-refractivity contribution >= 4 is 10.9 Å². The van der Waals surface area contributed by atoms with Crippen LogP contribution in [0, 0.1) is 0 Å². The highest BCUT2D eigenvalue weighted by Crippen LogP contribution is 2.36. The van der Waals surface area contributed by atoms with Gasteiger partial charge in [0.15, 0.2) is 0 Å². The van der Waals surface area contributed by atoms with Gasteiger partial charge in [0.2, 0.25) is 0 Å². The molecule has 0 N–H and O–H groups in total. The van der Waals surface area contributed by atoms with Crippen LogP contribution in [0.5, 0.6) is 0 Å². The largest absolute Gasteiger partial charge is 0.346 e. The number of aryl methyl sites for hydroxylation is 1. The third kappa shape index (κ3) is 2.15. The molecule has 2 aromatic carbocycles. The minimum absolute atomic E-state index is 0.582. The van der Waals surface area contributed by atoms with Gasteiger partial charge in [-0.25, -0.2) is 0 Å². The zero-order valence-corrected chi connectivity index (χ0v) is 13.3. The maximum Gasteiger partial charge on any atom is 0.0483 e. The van der Waals surface area contributed by atoms with Crippen molar-refractivity contribution in [3.05, 3.63) is 71.4 Å². The van der Waals surface area contributed by atoms with Crippen LogP contribution < -0.4 is 0 Å². The summed E-state index contributed by atoms with van der Waals surface area (Å²) in [5, 5.41) is 1.44. The van der Waals surface area contributed by atoms with Crippen molar-refractivity contribution in [3.8, 4) is 0 Å². The minimum atomic E-state index is 0.582. The first kappa shape index (κ1) is 13.6. The lowest BCUT2D eigenvalue weighted by Crippen LogP contribution is -2.32. The minimum Gasteiger partial charge on any atom is -0.346 e. The molecular formula is C20H22N2. The number of nitrogens with zero attached hydrogens (tertiary/aromatic N) is 2. The summed E-state index contributed by atoms with van der Waals surface area (Å²) >= 11 is 0. The molecule has 2 heteroatoms. The molecular weight excluding hydrogens is 268 g/mol. The molecule has 1 aliphatic rings. The predicted molar refractivity (Wildman–Crippen MR) is 91.9 cm³/mol. The summed E-state index contributed by atoms with van der Waals surface area (Å²) in [6.07, 6.45) is 0. The van der Waals surface area contributed by atoms with Gasteiger partial charge in [0.05, 0.1) is 0 Å². The topological polar surface area (TPSA) is 8.17 Å². The summed E-state index contributed by atoms with van der Waals surface area (Å²) in [5.41, 5.74) is 5.80. The standard InChI is InChI=1S/C20H22N2/c1-15-12-22(13-16-8-4-3-5-9-16)14-19-20(15)17-10-6-7-11-18(17)21(19)2/h3-11,15H,12-14H2,1-2H3. The predicted octanol–water partition coefficient (Wildman–Crippen LogP) is 4.30. The SMILES string of the molecule is CC1CN(Cc2ccccc2)Cc2c1c1ccccc1n2C. The molecule has 1 aromatic heterocycles. The van der Waals surface area contributed by atoms with Crippen molar-refractivity contribution in [3.63, 3.8) is 0 Å². The Hall–Kier alpha value is -2.06. The Balaban J connectivity index is 1.71. The maximum absolute atomic E-state index is 2.57. The Bertz CT molecular complexity index is 801. The first-order valence-corrected chi connectivity index (χ1v) is 8.06. The average molecular weight is 290 g/mol. The molecule has 22 heavy (non-hydrogen) atoms. The lowest BCUT2D eigenvalue weighted by Gasteiger charge is -2.32. The molecule has 3 aromatic rings. The van der Waals surface area contributed by atoms with Gasteiger partial charge in [0, 0.05) is 43.3 Å². The monoisotopic (exact) mass is 290 g/mol. The molecule has 0 spiro atoms. The summed E-state index contributed by atoms with van der Waals surface area (Å²) in [5.74, 6) is 0.582. The lowest BCUT2D eigenvalue weighted by molar-refractivity contribution is 0.221. The van der Waals surface area contributed by atoms with Gasteiger partial charge >= 0.3 is 0 Å². The van der Waals surface area contributed by atoms with Crippen LogP contribution in [0.2, 0.25) is 0 Å². The molecule has 2 nitrogen and oxygen atoms in total. The number of rotatable bonds is 2. The third-order valence-electron chi connectivity index (χ3n) is 4.92. The van der Waals surface area contributed by atoms with E-state index in [1.54, 1.807) is 5.56 Å². The van der Waals surface area contributed by atoms with E-state index in [9.17, 15) is 0 Å². The number of fused-ring (bicyclic) bond motifs is 3. The van der Waals surface area contributed by atoms with E-state index in [0.717, 1.165) is 19.6 Å². The van der Waals surface area contributed by atoms with Gasteiger partial charge in [-0.1, -0.05) is 55.5 Å². The molecule has 0 radical (unpaired) electrons. The quantitative estimate of drug-likeness (QED) is 0.683. The van der Waals surface area contributed by atoms with E-state index in [4.69, 9.17) is 0 Å². The third-order valence-corrected chi connectivity index (χ3v) is 4.92. The highest BCUT2D eigenvalue weighted by atomic mass is 15.2. The van der Waals surface area contributed by atoms with Crippen LogP contribution in [0.3, 0.4) is 0 Å². The van der Waals surface area contributed by atoms with E-state index in [1.807, 2.05) is 0 Å². The molecule has 0 bridgehead atoms. The summed E-state index contributed by atoms with van der Waals surface area (Å²) in [4.78, 5) is 2.57.